The Morgan fingerprint density at radius 1 is 0.396 bits per heavy atom. The van der Waals surface area contributed by atoms with Crippen molar-refractivity contribution in [1.82, 2.24) is 21.3 Å². The molecule has 0 aromatic rings. The van der Waals surface area contributed by atoms with Gasteiger partial charge in [0.15, 0.2) is 0 Å². The Morgan fingerprint density at radius 2 is 0.642 bits per heavy atom. The number of carboxylic acid groups (broad SMARTS) is 2. The Hall–Kier alpha value is -3.26. The molecule has 0 aromatic heterocycles. The fourth-order valence-corrected chi connectivity index (χ4v) is 5.43. The zero-order chi connectivity index (χ0) is 39.9. The molecule has 4 amide bonds. The van der Waals surface area contributed by atoms with Crippen LogP contribution in [0.2, 0.25) is 0 Å². The third kappa shape index (κ3) is 27.1. The summed E-state index contributed by atoms with van der Waals surface area (Å²) in [5.41, 5.74) is 11.6. The lowest BCUT2D eigenvalue weighted by Crippen LogP contribution is -2.54. The van der Waals surface area contributed by atoms with Crippen LogP contribution >= 0.6 is 0 Å². The van der Waals surface area contributed by atoms with E-state index >= 15 is 0 Å². The summed E-state index contributed by atoms with van der Waals surface area (Å²) in [4.78, 5) is 72.3. The van der Waals surface area contributed by atoms with E-state index in [1.165, 1.54) is 0 Å². The summed E-state index contributed by atoms with van der Waals surface area (Å²) >= 11 is 0. The number of hydrogen-bond acceptors (Lipinski definition) is 8. The van der Waals surface area contributed by atoms with Crippen LogP contribution in [-0.4, -0.2) is 82.0 Å². The number of carbonyl (C=O) groups is 6. The van der Waals surface area contributed by atoms with Crippen LogP contribution in [0.3, 0.4) is 0 Å². The number of carbonyl (C=O) groups excluding carboxylic acids is 4. The zero-order valence-corrected chi connectivity index (χ0v) is 33.1. The zero-order valence-electron chi connectivity index (χ0n) is 33.1. The Bertz CT molecular complexity index is 936. The van der Waals surface area contributed by atoms with Crippen molar-refractivity contribution in [3.63, 3.8) is 0 Å². The molecular formula is C39H78N6O8. The number of carboxylic acids is 2. The topological polar surface area (TPSA) is 243 Å². The average Bonchev–Trinajstić information content (AvgIpc) is 3.10. The minimum absolute atomic E-state index is 0. The highest BCUT2D eigenvalue weighted by Crippen LogP contribution is 2.10. The minimum atomic E-state index is -1.05. The first-order valence-corrected chi connectivity index (χ1v) is 19.9. The number of nitrogens with one attached hydrogen (secondary N) is 4. The predicted molar refractivity (Wildman–Crippen MR) is 212 cm³/mol. The molecule has 0 heterocycles. The number of rotatable bonds is 30. The first-order chi connectivity index (χ1) is 24.7. The third-order valence-corrected chi connectivity index (χ3v) is 8.75. The SMILES string of the molecule is C.CCCCCC(NC(=O)C(CCCCC)NC(=O)C(N)CCC)C(=O)O.CCCCCC(NC(=O)C(CCCCC)NC(=O)C(N)CCC)C(=O)O. The number of amides is 4. The number of nitrogens with two attached hydrogens (primary N) is 2. The van der Waals surface area contributed by atoms with E-state index in [-0.39, 0.29) is 19.2 Å². The van der Waals surface area contributed by atoms with E-state index < -0.39 is 60.0 Å². The van der Waals surface area contributed by atoms with E-state index in [2.05, 4.69) is 35.1 Å². The Kier molecular flexibility index (Phi) is 35.2. The fourth-order valence-electron chi connectivity index (χ4n) is 5.43. The molecule has 10 N–H and O–H groups in total. The Labute approximate surface area is 320 Å². The van der Waals surface area contributed by atoms with E-state index in [9.17, 15) is 39.0 Å². The van der Waals surface area contributed by atoms with Crippen molar-refractivity contribution in [3.05, 3.63) is 0 Å². The van der Waals surface area contributed by atoms with E-state index in [1.807, 2.05) is 27.7 Å². The van der Waals surface area contributed by atoms with E-state index in [1.54, 1.807) is 0 Å². The summed E-state index contributed by atoms with van der Waals surface area (Å²) in [6, 6.07) is -4.65. The Balaban J connectivity index is -0.000000926. The van der Waals surface area contributed by atoms with Gasteiger partial charge in [0.1, 0.15) is 24.2 Å². The molecule has 0 fully saturated rings. The standard InChI is InChI=1S/2C19H37N3O4.CH4/c2*1-4-7-9-12-15(21-17(23)14(20)11-6-3)18(24)22-16(19(25)26)13-10-8-5-2;/h2*14-16H,4-13,20H2,1-3H3,(H,21,23)(H,22,24)(H,25,26);1H4. The van der Waals surface area contributed by atoms with Crippen LogP contribution in [0.15, 0.2) is 0 Å². The molecule has 0 aliphatic heterocycles. The quantitative estimate of drug-likeness (QED) is 0.0440. The molecule has 0 spiro atoms. The van der Waals surface area contributed by atoms with Gasteiger partial charge in [0.25, 0.3) is 0 Å². The molecule has 0 aliphatic rings. The van der Waals surface area contributed by atoms with Crippen LogP contribution in [0.5, 0.6) is 0 Å². The summed E-state index contributed by atoms with van der Waals surface area (Å²) in [7, 11) is 0. The highest BCUT2D eigenvalue weighted by atomic mass is 16.4. The van der Waals surface area contributed by atoms with Gasteiger partial charge in [0.05, 0.1) is 12.1 Å². The van der Waals surface area contributed by atoms with E-state index in [0.717, 1.165) is 89.9 Å². The van der Waals surface area contributed by atoms with Crippen LogP contribution in [-0.2, 0) is 28.8 Å². The van der Waals surface area contributed by atoms with Crippen molar-refractivity contribution in [2.75, 3.05) is 0 Å². The largest absolute Gasteiger partial charge is 0.480 e. The van der Waals surface area contributed by atoms with Gasteiger partial charge < -0.3 is 42.9 Å². The van der Waals surface area contributed by atoms with Gasteiger partial charge >= 0.3 is 11.9 Å². The lowest BCUT2D eigenvalue weighted by atomic mass is 10.0. The lowest BCUT2D eigenvalue weighted by molar-refractivity contribution is -0.143. The predicted octanol–water partition coefficient (Wildman–Crippen LogP) is 5.29. The van der Waals surface area contributed by atoms with E-state index in [4.69, 9.17) is 11.5 Å². The second-order valence-electron chi connectivity index (χ2n) is 13.7. The van der Waals surface area contributed by atoms with Crippen LogP contribution in [0.4, 0.5) is 0 Å². The second kappa shape index (κ2) is 34.5. The van der Waals surface area contributed by atoms with Gasteiger partial charge in [-0.15, -0.1) is 0 Å². The molecule has 14 nitrogen and oxygen atoms in total. The van der Waals surface area contributed by atoms with Gasteiger partial charge in [-0.05, 0) is 38.5 Å². The molecule has 0 aliphatic carbocycles. The number of unbranched alkanes of at least 4 members (excludes halogenated alkanes) is 8. The molecular weight excluding hydrogens is 680 g/mol. The molecule has 0 rings (SSSR count). The summed E-state index contributed by atoms with van der Waals surface area (Å²) in [6.07, 6.45) is 15.1. The second-order valence-corrected chi connectivity index (χ2v) is 13.7. The first-order valence-electron chi connectivity index (χ1n) is 19.9. The highest BCUT2D eigenvalue weighted by molar-refractivity contribution is 5.92. The van der Waals surface area contributed by atoms with Crippen molar-refractivity contribution in [2.45, 2.75) is 214 Å². The van der Waals surface area contributed by atoms with Gasteiger partial charge in [0.2, 0.25) is 23.6 Å². The van der Waals surface area contributed by atoms with Crippen molar-refractivity contribution in [3.8, 4) is 0 Å². The molecule has 6 unspecified atom stereocenters. The van der Waals surface area contributed by atoms with Crippen LogP contribution in [0.1, 0.15) is 177 Å². The molecule has 6 atom stereocenters. The van der Waals surface area contributed by atoms with Gasteiger partial charge in [-0.25, -0.2) is 9.59 Å². The molecule has 0 saturated carbocycles. The maximum Gasteiger partial charge on any atom is 0.326 e. The lowest BCUT2D eigenvalue weighted by Gasteiger charge is -2.23. The third-order valence-electron chi connectivity index (χ3n) is 8.75. The van der Waals surface area contributed by atoms with Gasteiger partial charge in [-0.3, -0.25) is 19.2 Å². The summed E-state index contributed by atoms with van der Waals surface area (Å²) in [6.45, 7) is 12.1. The smallest absolute Gasteiger partial charge is 0.326 e. The first kappa shape index (κ1) is 54.1. The number of aliphatic carboxylic acids is 2. The minimum Gasteiger partial charge on any atom is -0.480 e. The van der Waals surface area contributed by atoms with Gasteiger partial charge in [-0.1, -0.05) is 139 Å². The average molecular weight is 759 g/mol. The highest BCUT2D eigenvalue weighted by Gasteiger charge is 2.28. The molecule has 14 heteroatoms. The normalized spacial score (nSPS) is 14.0. The number of hydrogen-bond donors (Lipinski definition) is 8. The molecule has 0 aromatic carbocycles. The molecule has 0 saturated heterocycles. The van der Waals surface area contributed by atoms with Crippen molar-refractivity contribution >= 4 is 35.6 Å². The maximum absolute atomic E-state index is 12.6. The van der Waals surface area contributed by atoms with Crippen molar-refractivity contribution < 1.29 is 39.0 Å². The molecule has 0 radical (unpaired) electrons. The monoisotopic (exact) mass is 759 g/mol. The van der Waals surface area contributed by atoms with Gasteiger partial charge in [-0.2, -0.15) is 0 Å². The van der Waals surface area contributed by atoms with Crippen LogP contribution in [0.25, 0.3) is 0 Å². The van der Waals surface area contributed by atoms with Gasteiger partial charge in [0, 0.05) is 0 Å². The summed E-state index contributed by atoms with van der Waals surface area (Å²) in [5.74, 6) is -3.70. The van der Waals surface area contributed by atoms with Crippen LogP contribution in [0, 0.1) is 0 Å². The van der Waals surface area contributed by atoms with Crippen molar-refractivity contribution in [1.29, 1.82) is 0 Å². The van der Waals surface area contributed by atoms with E-state index in [0.29, 0.717) is 38.5 Å². The summed E-state index contributed by atoms with van der Waals surface area (Å²) in [5, 5.41) is 29.2. The fraction of sp³-hybridized carbons (Fsp3) is 0.846. The maximum atomic E-state index is 12.6. The molecule has 0 bridgehead atoms. The Morgan fingerprint density at radius 3 is 0.868 bits per heavy atom. The van der Waals surface area contributed by atoms with Crippen molar-refractivity contribution in [2.24, 2.45) is 11.5 Å². The molecule has 312 valence electrons. The van der Waals surface area contributed by atoms with Crippen LogP contribution < -0.4 is 32.7 Å². The molecule has 53 heavy (non-hydrogen) atoms. The summed E-state index contributed by atoms with van der Waals surface area (Å²) < 4.78 is 0.